The van der Waals surface area contributed by atoms with Crippen LogP contribution in [0.3, 0.4) is 0 Å². The topological polar surface area (TPSA) is 515 Å². The van der Waals surface area contributed by atoms with Gasteiger partial charge in [-0.25, -0.2) is 24.0 Å². The van der Waals surface area contributed by atoms with Crippen LogP contribution in [-0.2, 0) is 112 Å². The second-order valence-electron chi connectivity index (χ2n) is 33.4. The highest BCUT2D eigenvalue weighted by molar-refractivity contribution is 5.96. The number of carboxylic acid groups (broad SMARTS) is 1. The number of aliphatic hydroxyl groups excluding tert-OH is 3. The third-order valence-corrected chi connectivity index (χ3v) is 20.8. The lowest BCUT2D eigenvalue weighted by molar-refractivity contribution is -0.386. The molecule has 0 aromatic heterocycles. The van der Waals surface area contributed by atoms with Crippen molar-refractivity contribution in [1.29, 1.82) is 0 Å². The molecule has 658 valence electrons. The predicted molar refractivity (Wildman–Crippen MR) is 413 cm³/mol. The maximum Gasteiger partial charge on any atom is 0.409 e. The van der Waals surface area contributed by atoms with Crippen LogP contribution in [0.2, 0.25) is 0 Å². The van der Waals surface area contributed by atoms with Crippen molar-refractivity contribution in [3.63, 3.8) is 0 Å². The molecule has 2 aliphatic carbocycles. The smallest absolute Gasteiger partial charge is 0.409 e. The van der Waals surface area contributed by atoms with Gasteiger partial charge in [-0.3, -0.25) is 58.1 Å². The molecule has 3 fully saturated rings. The van der Waals surface area contributed by atoms with Crippen molar-refractivity contribution in [2.24, 2.45) is 65.1 Å². The predicted octanol–water partition coefficient (Wildman–Crippen LogP) is 5.79. The molecule has 2 saturated carbocycles. The van der Waals surface area contributed by atoms with Crippen molar-refractivity contribution >= 4 is 94.7 Å². The molecule has 1 aromatic carbocycles. The van der Waals surface area contributed by atoms with E-state index in [1.165, 1.54) is 33.9 Å². The van der Waals surface area contributed by atoms with E-state index in [-0.39, 0.29) is 55.5 Å². The maximum absolute atomic E-state index is 15.0. The second-order valence-corrected chi connectivity index (χ2v) is 33.4. The van der Waals surface area contributed by atoms with Crippen molar-refractivity contribution in [1.82, 2.24) is 26.2 Å². The Balaban J connectivity index is 1.72. The summed E-state index contributed by atoms with van der Waals surface area (Å²) in [5, 5.41) is 62.9. The average Bonchev–Trinajstić information content (AvgIpc) is 0.796. The van der Waals surface area contributed by atoms with Crippen LogP contribution in [0.25, 0.3) is 0 Å². The number of esters is 7. The van der Waals surface area contributed by atoms with Crippen LogP contribution in [0, 0.1) is 75.2 Å². The largest absolute Gasteiger partial charge is 0.481 e. The molecule has 117 heavy (non-hydrogen) atoms. The molecular formula is C81H124N6O30. The number of Topliss-reactive ketones (excluding diaryl/α,β-unsaturated/α-hetero) is 2. The molecule has 36 heteroatoms. The van der Waals surface area contributed by atoms with Crippen molar-refractivity contribution in [2.45, 2.75) is 306 Å². The van der Waals surface area contributed by atoms with Gasteiger partial charge < -0.3 is 89.2 Å². The summed E-state index contributed by atoms with van der Waals surface area (Å²) >= 11 is 0. The highest BCUT2D eigenvalue weighted by Crippen LogP contribution is 2.36. The molecule has 0 radical (unpaired) electrons. The summed E-state index contributed by atoms with van der Waals surface area (Å²) in [6, 6.07) is -3.08. The fraction of sp³-hybridized carbons (Fsp3) is 0.741. The van der Waals surface area contributed by atoms with Crippen LogP contribution < -0.4 is 26.0 Å². The molecule has 1 saturated heterocycles. The van der Waals surface area contributed by atoms with Crippen LogP contribution in [0.5, 0.6) is 5.75 Å². The van der Waals surface area contributed by atoms with Crippen molar-refractivity contribution in [3.05, 3.63) is 33.9 Å². The van der Waals surface area contributed by atoms with Crippen LogP contribution in [0.1, 0.15) is 214 Å². The molecular weight excluding hydrogens is 1540 g/mol. The number of ketones is 2. The Morgan fingerprint density at radius 3 is 1.50 bits per heavy atom. The number of carbonyl (C=O) groups excluding carboxylic acids is 14. The number of aliphatic carboxylic acids is 1. The number of nitro groups is 1. The van der Waals surface area contributed by atoms with E-state index in [9.17, 15) is 102 Å². The number of nitrogens with one attached hydrogen (secondary N) is 4. The number of carbonyl (C=O) groups is 15. The molecule has 1 aliphatic heterocycles. The Hall–Kier alpha value is -9.45. The third-order valence-electron chi connectivity index (χ3n) is 20.8. The Morgan fingerprint density at radius 1 is 0.547 bits per heavy atom. The zero-order chi connectivity index (χ0) is 88.5. The zero-order valence-electron chi connectivity index (χ0n) is 70.6. The summed E-state index contributed by atoms with van der Waals surface area (Å²) in [6.45, 7) is 26.9. The highest BCUT2D eigenvalue weighted by atomic mass is 16.6. The van der Waals surface area contributed by atoms with E-state index in [0.29, 0.717) is 12.8 Å². The summed E-state index contributed by atoms with van der Waals surface area (Å²) < 4.78 is 51.4. The summed E-state index contributed by atoms with van der Waals surface area (Å²) in [6.07, 6.45) is -18.6. The van der Waals surface area contributed by atoms with Crippen LogP contribution in [0.15, 0.2) is 18.2 Å². The van der Waals surface area contributed by atoms with E-state index in [2.05, 4.69) is 21.3 Å². The molecule has 0 unspecified atom stereocenters. The van der Waals surface area contributed by atoms with Gasteiger partial charge in [-0.15, -0.1) is 0 Å². The second kappa shape index (κ2) is 46.6. The van der Waals surface area contributed by atoms with Crippen molar-refractivity contribution in [2.75, 3.05) is 13.6 Å². The molecule has 18 atom stereocenters. The van der Waals surface area contributed by atoms with Gasteiger partial charge in [-0.1, -0.05) is 135 Å². The zero-order valence-corrected chi connectivity index (χ0v) is 70.6. The number of cyclic esters (lactones) is 6. The molecule has 1 heterocycles. The van der Waals surface area contributed by atoms with Crippen LogP contribution in [-0.4, -0.2) is 224 Å². The Bertz CT molecular complexity index is 3630. The minimum Gasteiger partial charge on any atom is -0.481 e. The first-order valence-electron chi connectivity index (χ1n) is 40.3. The van der Waals surface area contributed by atoms with Gasteiger partial charge in [0.25, 0.3) is 23.6 Å². The number of carboxylic acids is 1. The van der Waals surface area contributed by atoms with Gasteiger partial charge in [0.05, 0.1) is 28.8 Å². The molecule has 0 bridgehead atoms. The van der Waals surface area contributed by atoms with Crippen molar-refractivity contribution < 1.29 is 140 Å². The quantitative estimate of drug-likeness (QED) is 0.0278. The van der Waals surface area contributed by atoms with Gasteiger partial charge in [0.2, 0.25) is 0 Å². The van der Waals surface area contributed by atoms with Gasteiger partial charge >= 0.3 is 59.5 Å². The maximum atomic E-state index is 15.0. The van der Waals surface area contributed by atoms with Gasteiger partial charge in [0.15, 0.2) is 60.0 Å². The lowest BCUT2D eigenvalue weighted by Crippen LogP contribution is -2.57. The fourth-order valence-corrected chi connectivity index (χ4v) is 13.4. The summed E-state index contributed by atoms with van der Waals surface area (Å²) in [5.74, 6) is -23.7. The first-order valence-corrected chi connectivity index (χ1v) is 40.3. The van der Waals surface area contributed by atoms with E-state index in [1.54, 1.807) is 96.9 Å². The number of nitrogens with zero attached hydrogens (tertiary/aromatic N) is 2. The molecule has 3 aliphatic rings. The molecule has 4 rings (SSSR count). The molecule has 8 N–H and O–H groups in total. The van der Waals surface area contributed by atoms with E-state index >= 15 is 0 Å². The first-order chi connectivity index (χ1) is 54.5. The van der Waals surface area contributed by atoms with Gasteiger partial charge in [-0.05, 0) is 112 Å². The standard InChI is InChI=1S/C81H124N6O30/c1-38(2)30-58-56(89)35-52(41(7)8)75(100)112-47(17)71(95)85-66(46(16)110-62(90)26-23-29-86(19)81(106)109-37-50-27-28-57(54(32-50)87(107)108)114-59-36-53(74(98)99)67(91)69(93)68(59)92)80(105)117-61(33-49-24-21-20-22-25-49)73(97)84-63(42(9)10)77(102)111-45(15)55(88)34-51(40(5)6)76(101)116-60(31-39(3)4)72(96)83-64(43(11)12)78(103)113-48(18)70(94)82-65(44(13)14)79(104)115-58/h27-28,32,38-49,51-53,58-61,63-69,91-93H,20-26,29-31,33-37H2,1-19H3,(H,82,94)(H,83,96)(H,84,97)(H,85,95)(H,98,99)/t45-,46+,47-,48-,51-,52+,53-,58+,59+,60+,61+,63+,64+,65-,66-,67+,68-,69-/m0/s1. The van der Waals surface area contributed by atoms with E-state index in [1.807, 2.05) is 0 Å². The number of benzene rings is 1. The average molecular weight is 1660 g/mol. The minimum atomic E-state index is -2.02. The Labute approximate surface area is 682 Å². The van der Waals surface area contributed by atoms with Gasteiger partial charge in [-0.2, -0.15) is 0 Å². The normalized spacial score (nSPS) is 28.2. The summed E-state index contributed by atoms with van der Waals surface area (Å²) in [4.78, 5) is 223. The molecule has 0 spiro atoms. The fourth-order valence-electron chi connectivity index (χ4n) is 13.4. The van der Waals surface area contributed by atoms with Crippen LogP contribution in [0.4, 0.5) is 10.5 Å². The number of nitro benzene ring substituents is 1. The van der Waals surface area contributed by atoms with E-state index in [4.69, 9.17) is 42.6 Å². The minimum absolute atomic E-state index is 0.0614. The summed E-state index contributed by atoms with van der Waals surface area (Å²) in [5.41, 5.74) is -0.619. The third kappa shape index (κ3) is 30.8. The SMILES string of the molecule is CC(C)C[C@H]1OC(=O)[C@H](C(C)C)NC(=O)[C@H](C)OC(=O)[C@@H](C(C)C)NC(=O)[C@@H](CC(C)C)OC(=O)[C@H](C(C)C)CC(=O)[C@H](C)OC(=O)[C@@H](C(C)C)NC(=O)[C@@H](CC2CCCCC2)OC(=O)[C@H]([C@@H](C)OC(=O)CCCN(C)C(=O)OCc2ccc(O[C@@H]3C[C@H](C(=O)O)[C@@H](O)[C@H](O)[C@H]3O)c([N+](=O)[O-])c2)NC(=O)[C@H](C)OC(=O)[C@@H](C(C)C)CC1=O. The van der Waals surface area contributed by atoms with E-state index in [0.717, 1.165) is 43.2 Å². The van der Waals surface area contributed by atoms with Crippen molar-refractivity contribution in [3.8, 4) is 5.75 Å². The number of hydrogen-bond donors (Lipinski definition) is 8. The lowest BCUT2D eigenvalue weighted by atomic mass is 9.80. The first kappa shape index (κ1) is 99.9. The number of ether oxygens (including phenoxy) is 9. The van der Waals surface area contributed by atoms with Gasteiger partial charge in [0, 0.05) is 45.3 Å². The number of aliphatic hydroxyl groups is 3. The molecule has 5 amide bonds. The molecule has 36 nitrogen and oxygen atoms in total. The Morgan fingerprint density at radius 2 is 0.991 bits per heavy atom. The van der Waals surface area contributed by atoms with Crippen LogP contribution >= 0.6 is 0 Å². The monoisotopic (exact) mass is 1660 g/mol. The number of hydrogen-bond acceptors (Lipinski definition) is 29. The molecule has 1 aromatic rings. The van der Waals surface area contributed by atoms with E-state index < -0.39 is 276 Å². The van der Waals surface area contributed by atoms with Gasteiger partial charge in [0.1, 0.15) is 49.1 Å². The number of rotatable bonds is 23. The summed E-state index contributed by atoms with van der Waals surface area (Å²) in [7, 11) is 1.30. The Kier molecular flexibility index (Phi) is 39.8. The number of amides is 5. The lowest BCUT2D eigenvalue weighted by Gasteiger charge is -2.38. The highest BCUT2D eigenvalue weighted by Gasteiger charge is 2.49.